The molecule has 6 nitrogen and oxygen atoms in total. The Morgan fingerprint density at radius 1 is 0.808 bits per heavy atom. The number of rotatable bonds is 5. The van der Waals surface area contributed by atoms with Crippen molar-refractivity contribution in [2.45, 2.75) is 6.92 Å². The molecular formula is C19H17N3O3S. The summed E-state index contributed by atoms with van der Waals surface area (Å²) in [5.74, 6) is -1.66. The van der Waals surface area contributed by atoms with Gasteiger partial charge in [-0.15, -0.1) is 0 Å². The maximum atomic E-state index is 12.2. The van der Waals surface area contributed by atoms with Crippen LogP contribution in [0.25, 0.3) is 0 Å². The second kappa shape index (κ2) is 8.68. The molecule has 7 heteroatoms. The van der Waals surface area contributed by atoms with Gasteiger partial charge >= 0.3 is 0 Å². The lowest BCUT2D eigenvalue weighted by Crippen LogP contribution is -2.37. The van der Waals surface area contributed by atoms with Crippen molar-refractivity contribution in [1.82, 2.24) is 10.6 Å². The van der Waals surface area contributed by atoms with Gasteiger partial charge in [0, 0.05) is 11.1 Å². The number of carbonyl (C=O) groups is 3. The highest BCUT2D eigenvalue weighted by molar-refractivity contribution is 7.81. The maximum Gasteiger partial charge on any atom is 0.256 e. The van der Waals surface area contributed by atoms with E-state index >= 15 is 0 Å². The molecule has 2 aromatic carbocycles. The molecule has 0 aromatic heterocycles. The second-order valence-corrected chi connectivity index (χ2v) is 5.72. The Kier molecular flexibility index (Phi) is 6.35. The molecule has 0 radical (unpaired) electrons. The van der Waals surface area contributed by atoms with Gasteiger partial charge in [-0.3, -0.25) is 14.4 Å². The van der Waals surface area contributed by atoms with Crippen LogP contribution in [0.2, 0.25) is 0 Å². The Labute approximate surface area is 156 Å². The van der Waals surface area contributed by atoms with Crippen LogP contribution in [-0.4, -0.2) is 22.6 Å². The third kappa shape index (κ3) is 4.84. The van der Waals surface area contributed by atoms with Crippen LogP contribution in [0.5, 0.6) is 0 Å². The highest BCUT2D eigenvalue weighted by atomic mass is 32.1. The van der Waals surface area contributed by atoms with Crippen molar-refractivity contribution in [3.05, 3.63) is 83.2 Å². The number of benzene rings is 2. The van der Waals surface area contributed by atoms with Crippen LogP contribution in [0, 0.1) is 0 Å². The summed E-state index contributed by atoms with van der Waals surface area (Å²) in [5, 5.41) is 4.88. The number of nitrogens with two attached hydrogens (primary N) is 1. The molecule has 2 aromatic rings. The minimum absolute atomic E-state index is 0.131. The molecule has 0 heterocycles. The molecule has 0 aliphatic rings. The van der Waals surface area contributed by atoms with Crippen LogP contribution in [-0.2, 0) is 4.79 Å². The summed E-state index contributed by atoms with van der Waals surface area (Å²) in [7, 11) is 0. The van der Waals surface area contributed by atoms with E-state index in [1.165, 1.54) is 6.92 Å². The summed E-state index contributed by atoms with van der Waals surface area (Å²) >= 11 is 5.13. The average molecular weight is 367 g/mol. The van der Waals surface area contributed by atoms with Crippen molar-refractivity contribution in [3.63, 3.8) is 0 Å². The third-order valence-electron chi connectivity index (χ3n) is 3.40. The molecule has 132 valence electrons. The van der Waals surface area contributed by atoms with E-state index in [9.17, 15) is 14.4 Å². The molecule has 4 N–H and O–H groups in total. The number of nitrogens with one attached hydrogen (secondary N) is 2. The van der Waals surface area contributed by atoms with Gasteiger partial charge in [-0.2, -0.15) is 0 Å². The lowest BCUT2D eigenvalue weighted by molar-refractivity contribution is -0.113. The zero-order chi connectivity index (χ0) is 19.1. The van der Waals surface area contributed by atoms with Crippen molar-refractivity contribution >= 4 is 34.8 Å². The first-order chi connectivity index (χ1) is 12.4. The summed E-state index contributed by atoms with van der Waals surface area (Å²) in [4.78, 5) is 36.1. The molecule has 0 spiro atoms. The number of thiocarbonyl (C=S) groups is 1. The fourth-order valence-electron chi connectivity index (χ4n) is 2.15. The molecule has 0 bridgehead atoms. The number of Topliss-reactive ketones (excluding diaryl/α,β-unsaturated/α-hetero) is 1. The summed E-state index contributed by atoms with van der Waals surface area (Å²) in [6, 6.07) is 16.8. The van der Waals surface area contributed by atoms with E-state index in [0.717, 1.165) is 0 Å². The Morgan fingerprint density at radius 3 is 1.65 bits per heavy atom. The van der Waals surface area contributed by atoms with E-state index in [1.54, 1.807) is 60.7 Å². The van der Waals surface area contributed by atoms with Crippen molar-refractivity contribution in [1.29, 1.82) is 0 Å². The van der Waals surface area contributed by atoms with Crippen LogP contribution < -0.4 is 16.4 Å². The van der Waals surface area contributed by atoms with E-state index in [4.69, 9.17) is 18.0 Å². The average Bonchev–Trinajstić information content (AvgIpc) is 2.62. The molecule has 0 saturated carbocycles. The van der Waals surface area contributed by atoms with E-state index in [0.29, 0.717) is 11.1 Å². The van der Waals surface area contributed by atoms with Crippen LogP contribution in [0.3, 0.4) is 0 Å². The molecule has 0 saturated heterocycles. The third-order valence-corrected chi connectivity index (χ3v) is 3.70. The van der Waals surface area contributed by atoms with E-state index < -0.39 is 17.6 Å². The molecule has 0 unspecified atom stereocenters. The van der Waals surface area contributed by atoms with Crippen molar-refractivity contribution in [2.75, 3.05) is 0 Å². The van der Waals surface area contributed by atoms with Gasteiger partial charge < -0.3 is 16.4 Å². The van der Waals surface area contributed by atoms with E-state index in [2.05, 4.69) is 10.6 Å². The lowest BCUT2D eigenvalue weighted by atomic mass is 10.1. The molecular weight excluding hydrogens is 350 g/mol. The summed E-state index contributed by atoms with van der Waals surface area (Å²) < 4.78 is 0. The number of amides is 2. The smallest absolute Gasteiger partial charge is 0.256 e. The standard InChI is InChI=1S/C19H17N3O3S/c1-12(23)15(16(20)21-17(24)13-8-4-2-5-9-13)19(26)22-18(25)14-10-6-3-7-11-14/h2-11H,20H2,1H3,(H,21,24)(H,22,25,26)/b16-15-. The minimum atomic E-state index is -0.487. The normalized spacial score (nSPS) is 11.1. The van der Waals surface area contributed by atoms with Gasteiger partial charge in [0.15, 0.2) is 5.78 Å². The summed E-state index contributed by atoms with van der Waals surface area (Å²) in [6.45, 7) is 1.25. The Bertz CT molecular complexity index is 877. The van der Waals surface area contributed by atoms with E-state index in [1.807, 2.05) is 0 Å². The molecule has 2 rings (SSSR count). The van der Waals surface area contributed by atoms with Gasteiger partial charge in [0.05, 0.1) is 5.57 Å². The zero-order valence-corrected chi connectivity index (χ0v) is 14.8. The molecule has 0 fully saturated rings. The second-order valence-electron chi connectivity index (χ2n) is 5.31. The molecule has 26 heavy (non-hydrogen) atoms. The van der Waals surface area contributed by atoms with Gasteiger partial charge in [-0.25, -0.2) is 0 Å². The highest BCUT2D eigenvalue weighted by Gasteiger charge is 2.19. The topological polar surface area (TPSA) is 101 Å². The fourth-order valence-corrected chi connectivity index (χ4v) is 2.49. The Balaban J connectivity index is 2.19. The number of hydrogen-bond acceptors (Lipinski definition) is 5. The SMILES string of the molecule is CC(=O)/C(C(=S)NC(=O)c1ccccc1)=C(\N)NC(=O)c1ccccc1. The summed E-state index contributed by atoms with van der Waals surface area (Å²) in [6.07, 6.45) is 0. The first-order valence-corrected chi connectivity index (χ1v) is 8.08. The first-order valence-electron chi connectivity index (χ1n) is 7.68. The maximum absolute atomic E-state index is 12.2. The van der Waals surface area contributed by atoms with Gasteiger partial charge in [-0.05, 0) is 31.2 Å². The van der Waals surface area contributed by atoms with Gasteiger partial charge in [0.1, 0.15) is 10.8 Å². The fraction of sp³-hybridized carbons (Fsp3) is 0.0526. The van der Waals surface area contributed by atoms with E-state index in [-0.39, 0.29) is 16.4 Å². The van der Waals surface area contributed by atoms with Crippen LogP contribution in [0.1, 0.15) is 27.6 Å². The highest BCUT2D eigenvalue weighted by Crippen LogP contribution is 2.06. The largest absolute Gasteiger partial charge is 0.384 e. The van der Waals surface area contributed by atoms with Gasteiger partial charge in [0.25, 0.3) is 11.8 Å². The van der Waals surface area contributed by atoms with Crippen LogP contribution in [0.15, 0.2) is 72.1 Å². The van der Waals surface area contributed by atoms with Gasteiger partial charge in [0.2, 0.25) is 0 Å². The number of carbonyl (C=O) groups excluding carboxylic acids is 3. The Morgan fingerprint density at radius 2 is 1.23 bits per heavy atom. The lowest BCUT2D eigenvalue weighted by Gasteiger charge is -2.13. The minimum Gasteiger partial charge on any atom is -0.384 e. The Hall–Kier alpha value is -3.32. The van der Waals surface area contributed by atoms with Crippen LogP contribution in [0.4, 0.5) is 0 Å². The monoisotopic (exact) mass is 367 g/mol. The summed E-state index contributed by atoms with van der Waals surface area (Å²) in [5.41, 5.74) is 6.48. The van der Waals surface area contributed by atoms with Gasteiger partial charge in [-0.1, -0.05) is 48.6 Å². The molecule has 0 atom stereocenters. The molecule has 0 aliphatic heterocycles. The number of hydrogen-bond donors (Lipinski definition) is 3. The quantitative estimate of drug-likeness (QED) is 0.554. The van der Waals surface area contributed by atoms with Crippen molar-refractivity contribution in [3.8, 4) is 0 Å². The predicted molar refractivity (Wildman–Crippen MR) is 102 cm³/mol. The predicted octanol–water partition coefficient (Wildman–Crippen LogP) is 1.93. The van der Waals surface area contributed by atoms with Crippen molar-refractivity contribution in [2.24, 2.45) is 5.73 Å². The molecule has 0 aliphatic carbocycles. The number of ketones is 1. The first kappa shape index (κ1) is 19.0. The molecule has 2 amide bonds. The van der Waals surface area contributed by atoms with Crippen LogP contribution >= 0.6 is 12.2 Å². The zero-order valence-electron chi connectivity index (χ0n) is 14.0. The van der Waals surface area contributed by atoms with Crippen molar-refractivity contribution < 1.29 is 14.4 Å².